The molecule has 0 aromatic carbocycles. The molecular formula is C5H10Cl2OZr. The number of hydrogen-bond acceptors (Lipinski definition) is 1. The predicted molar refractivity (Wildman–Crippen MR) is 38.7 cm³/mol. The summed E-state index contributed by atoms with van der Waals surface area (Å²) in [6.07, 6.45) is 1.70. The molecule has 0 amide bonds. The van der Waals surface area contributed by atoms with Gasteiger partial charge in [0.1, 0.15) is 0 Å². The summed E-state index contributed by atoms with van der Waals surface area (Å²) in [6.45, 7) is 2.21. The van der Waals surface area contributed by atoms with Crippen molar-refractivity contribution in [3.8, 4) is 0 Å². The molecule has 0 aliphatic carbocycles. The van der Waals surface area contributed by atoms with Gasteiger partial charge in [0.2, 0.25) is 0 Å². The van der Waals surface area contributed by atoms with Crippen LogP contribution in [0, 0.1) is 0 Å². The van der Waals surface area contributed by atoms with Crippen LogP contribution in [0.2, 0.25) is 0 Å². The standard InChI is InChI=1S/C5H10O.2ClH.Zr/c1-2-3-4-5-6;;;/h6H,3-5H2,1H3;2*1H;/q;;;+2/p-2. The Kier molecular flexibility index (Phi) is 6.90. The van der Waals surface area contributed by atoms with Crippen LogP contribution in [0.3, 0.4) is 0 Å². The molecule has 0 aromatic heterocycles. The average Bonchev–Trinajstić information content (AvgIpc) is 1.82. The van der Waals surface area contributed by atoms with E-state index in [4.69, 9.17) is 22.1 Å². The molecule has 0 atom stereocenters. The van der Waals surface area contributed by atoms with Gasteiger partial charge in [-0.3, -0.25) is 0 Å². The summed E-state index contributed by atoms with van der Waals surface area (Å²) >= 11 is -2.03. The van der Waals surface area contributed by atoms with Gasteiger partial charge in [-0.05, 0) is 0 Å². The first-order chi connectivity index (χ1) is 4.18. The maximum atomic E-state index is 8.42. The Morgan fingerprint density at radius 1 is 1.56 bits per heavy atom. The third-order valence-electron chi connectivity index (χ3n) is 1.03. The van der Waals surface area contributed by atoms with Crippen LogP contribution in [-0.4, -0.2) is 14.9 Å². The summed E-state index contributed by atoms with van der Waals surface area (Å²) in [6, 6.07) is 0. The van der Waals surface area contributed by atoms with Crippen LogP contribution in [0.25, 0.3) is 0 Å². The second-order valence-corrected chi connectivity index (χ2v) is 10.9. The molecule has 0 saturated carbocycles. The summed E-state index contributed by atoms with van der Waals surface area (Å²) in [7, 11) is 11.4. The Hall–Kier alpha value is 1.29. The molecule has 54 valence electrons. The molecule has 0 aromatic rings. The fraction of sp³-hybridized carbons (Fsp3) is 0.800. The quantitative estimate of drug-likeness (QED) is 0.808. The van der Waals surface area contributed by atoms with Crippen LogP contribution < -0.4 is 0 Å². The molecular weight excluding hydrogens is 238 g/mol. The summed E-state index contributed by atoms with van der Waals surface area (Å²) < 4.78 is 1.22. The van der Waals surface area contributed by atoms with Crippen molar-refractivity contribution in [3.05, 3.63) is 0 Å². The van der Waals surface area contributed by atoms with Crippen LogP contribution in [0.4, 0.5) is 0 Å². The van der Waals surface area contributed by atoms with Gasteiger partial charge in [0, 0.05) is 0 Å². The Morgan fingerprint density at radius 3 is 2.44 bits per heavy atom. The van der Waals surface area contributed by atoms with Crippen molar-refractivity contribution < 1.29 is 24.0 Å². The molecule has 0 spiro atoms. The van der Waals surface area contributed by atoms with E-state index in [9.17, 15) is 0 Å². The van der Waals surface area contributed by atoms with Crippen molar-refractivity contribution in [2.45, 2.75) is 19.8 Å². The van der Waals surface area contributed by atoms with Crippen molar-refractivity contribution in [2.24, 2.45) is 0 Å². The van der Waals surface area contributed by atoms with Gasteiger partial charge in [-0.2, -0.15) is 0 Å². The van der Waals surface area contributed by atoms with Crippen LogP contribution in [0.15, 0.2) is 0 Å². The Bertz CT molecular complexity index is 110. The van der Waals surface area contributed by atoms with E-state index in [0.29, 0.717) is 0 Å². The van der Waals surface area contributed by atoms with Crippen molar-refractivity contribution in [2.75, 3.05) is 6.61 Å². The SMILES string of the molecule is C[C](CCCO)=[Zr]([Cl])[Cl]. The molecule has 1 nitrogen and oxygen atoms in total. The monoisotopic (exact) mass is 246 g/mol. The molecule has 0 fully saturated rings. The maximum absolute atomic E-state index is 8.42. The summed E-state index contributed by atoms with van der Waals surface area (Å²) in [5.41, 5.74) is 0. The average molecular weight is 248 g/mol. The fourth-order valence-corrected chi connectivity index (χ4v) is 2.46. The molecule has 0 aliphatic rings. The number of rotatable bonds is 3. The number of halogens is 2. The van der Waals surface area contributed by atoms with Gasteiger partial charge < -0.3 is 0 Å². The third-order valence-corrected chi connectivity index (χ3v) is 7.05. The van der Waals surface area contributed by atoms with Gasteiger partial charge in [0.15, 0.2) is 0 Å². The zero-order valence-electron chi connectivity index (χ0n) is 5.32. The second-order valence-electron chi connectivity index (χ2n) is 1.87. The van der Waals surface area contributed by atoms with Crippen molar-refractivity contribution in [1.29, 1.82) is 0 Å². The van der Waals surface area contributed by atoms with Gasteiger partial charge in [0.05, 0.1) is 0 Å². The van der Waals surface area contributed by atoms with E-state index in [0.717, 1.165) is 12.8 Å². The first-order valence-electron chi connectivity index (χ1n) is 2.80. The number of aliphatic hydroxyl groups excluding tert-OH is 1. The van der Waals surface area contributed by atoms with Crippen LogP contribution in [0.1, 0.15) is 19.8 Å². The predicted octanol–water partition coefficient (Wildman–Crippen LogP) is 1.88. The van der Waals surface area contributed by atoms with E-state index in [1.54, 1.807) is 0 Å². The van der Waals surface area contributed by atoms with Crippen molar-refractivity contribution in [3.63, 3.8) is 0 Å². The van der Waals surface area contributed by atoms with E-state index < -0.39 is 18.9 Å². The van der Waals surface area contributed by atoms with Crippen LogP contribution >= 0.6 is 17.0 Å². The number of aliphatic hydroxyl groups is 1. The first-order valence-corrected chi connectivity index (χ1v) is 10.4. The van der Waals surface area contributed by atoms with Gasteiger partial charge in [-0.25, -0.2) is 0 Å². The zero-order valence-corrected chi connectivity index (χ0v) is 9.29. The zero-order chi connectivity index (χ0) is 7.28. The first kappa shape index (κ1) is 10.3. The molecule has 1 N–H and O–H groups in total. The van der Waals surface area contributed by atoms with E-state index in [-0.39, 0.29) is 6.61 Å². The van der Waals surface area contributed by atoms with Gasteiger partial charge in [-0.1, -0.05) is 0 Å². The molecule has 0 unspecified atom stereocenters. The number of hydrogen-bond donors (Lipinski definition) is 1. The van der Waals surface area contributed by atoms with Crippen molar-refractivity contribution >= 4 is 20.2 Å². The molecule has 0 aliphatic heterocycles. The van der Waals surface area contributed by atoms with E-state index >= 15 is 0 Å². The summed E-state index contributed by atoms with van der Waals surface area (Å²) in [4.78, 5) is 0. The molecule has 0 saturated heterocycles. The Balaban J connectivity index is 3.50. The fourth-order valence-electron chi connectivity index (χ4n) is 0.439. The van der Waals surface area contributed by atoms with E-state index in [2.05, 4.69) is 0 Å². The Morgan fingerprint density at radius 2 is 2.11 bits per heavy atom. The third kappa shape index (κ3) is 5.72. The molecule has 0 bridgehead atoms. The van der Waals surface area contributed by atoms with Crippen LogP contribution in [0.5, 0.6) is 0 Å². The van der Waals surface area contributed by atoms with Crippen molar-refractivity contribution in [1.82, 2.24) is 0 Å². The topological polar surface area (TPSA) is 20.2 Å². The van der Waals surface area contributed by atoms with Crippen LogP contribution in [-0.2, 0) is 18.9 Å². The molecule has 4 heteroatoms. The minimum atomic E-state index is -2.03. The second kappa shape index (κ2) is 6.03. The van der Waals surface area contributed by atoms with Gasteiger partial charge in [-0.15, -0.1) is 0 Å². The summed E-state index contributed by atoms with van der Waals surface area (Å²) in [5.74, 6) is 0. The van der Waals surface area contributed by atoms with E-state index in [1.165, 1.54) is 3.21 Å². The molecule has 9 heavy (non-hydrogen) atoms. The molecule has 0 heterocycles. The molecule has 0 radical (unpaired) electrons. The van der Waals surface area contributed by atoms with E-state index in [1.807, 2.05) is 6.92 Å². The minimum absolute atomic E-state index is 0.238. The van der Waals surface area contributed by atoms with Gasteiger partial charge >= 0.3 is 70.6 Å². The van der Waals surface area contributed by atoms with Gasteiger partial charge in [0.25, 0.3) is 0 Å². The normalized spacial score (nSPS) is 9.33. The Labute approximate surface area is 70.2 Å². The molecule has 0 rings (SSSR count). The summed E-state index contributed by atoms with van der Waals surface area (Å²) in [5, 5.41) is 8.42.